The average molecular weight is 230 g/mol. The third kappa shape index (κ3) is 1.68. The van der Waals surface area contributed by atoms with Gasteiger partial charge < -0.3 is 4.74 Å². The fourth-order valence-electron chi connectivity index (χ4n) is 2.69. The Kier molecular flexibility index (Phi) is 2.82. The molecule has 0 saturated heterocycles. The number of carbonyl (C=O) groups is 1. The highest BCUT2D eigenvalue weighted by Gasteiger charge is 2.41. The zero-order valence-corrected chi connectivity index (χ0v) is 10.8. The number of allylic oxidation sites excluding steroid dienone is 2. The van der Waals surface area contributed by atoms with Crippen molar-refractivity contribution in [3.8, 4) is 0 Å². The minimum atomic E-state index is -0.547. The fourth-order valence-corrected chi connectivity index (χ4v) is 2.69. The van der Waals surface area contributed by atoms with E-state index >= 15 is 0 Å². The van der Waals surface area contributed by atoms with E-state index in [2.05, 4.69) is 19.9 Å². The van der Waals surface area contributed by atoms with Gasteiger partial charge in [-0.05, 0) is 43.9 Å². The van der Waals surface area contributed by atoms with Crippen LogP contribution >= 0.6 is 0 Å². The van der Waals surface area contributed by atoms with Crippen LogP contribution in [0.3, 0.4) is 0 Å². The van der Waals surface area contributed by atoms with E-state index in [0.717, 1.165) is 12.0 Å². The van der Waals surface area contributed by atoms with Gasteiger partial charge in [-0.15, -0.1) is 0 Å². The number of rotatable bonds is 1. The summed E-state index contributed by atoms with van der Waals surface area (Å²) in [5.74, 6) is -0.156. The summed E-state index contributed by atoms with van der Waals surface area (Å²) in [7, 11) is 1.46. The van der Waals surface area contributed by atoms with Gasteiger partial charge in [0.05, 0.1) is 12.5 Å². The van der Waals surface area contributed by atoms with Gasteiger partial charge in [0, 0.05) is 0 Å². The van der Waals surface area contributed by atoms with Gasteiger partial charge in [-0.2, -0.15) is 0 Å². The predicted octanol–water partition coefficient (Wildman–Crippen LogP) is 3.31. The number of methoxy groups -OCH3 is 1. The van der Waals surface area contributed by atoms with Crippen LogP contribution in [0, 0.1) is 0 Å². The van der Waals surface area contributed by atoms with Crippen molar-refractivity contribution < 1.29 is 9.53 Å². The molecule has 1 atom stereocenters. The normalized spacial score (nSPS) is 23.3. The predicted molar refractivity (Wildman–Crippen MR) is 68.7 cm³/mol. The van der Waals surface area contributed by atoms with Gasteiger partial charge in [0.15, 0.2) is 0 Å². The molecule has 1 aromatic rings. The SMILES string of the molecule is COC(=O)[C@]1(C)CC(C)=C(C)c2ccccc21. The Balaban J connectivity index is 2.66. The van der Waals surface area contributed by atoms with Crippen LogP contribution in [0.5, 0.6) is 0 Å². The van der Waals surface area contributed by atoms with Crippen molar-refractivity contribution in [3.63, 3.8) is 0 Å². The maximum atomic E-state index is 12.1. The lowest BCUT2D eigenvalue weighted by molar-refractivity contribution is -0.147. The molecule has 0 saturated carbocycles. The lowest BCUT2D eigenvalue weighted by Crippen LogP contribution is -2.36. The highest BCUT2D eigenvalue weighted by atomic mass is 16.5. The van der Waals surface area contributed by atoms with Crippen LogP contribution in [0.1, 0.15) is 38.3 Å². The number of esters is 1. The van der Waals surface area contributed by atoms with E-state index in [1.807, 2.05) is 25.1 Å². The molecule has 90 valence electrons. The quantitative estimate of drug-likeness (QED) is 0.692. The second-order valence-electron chi connectivity index (χ2n) is 4.95. The van der Waals surface area contributed by atoms with Crippen LogP contribution in [0.4, 0.5) is 0 Å². The molecule has 1 aromatic carbocycles. The summed E-state index contributed by atoms with van der Waals surface area (Å²) in [6, 6.07) is 8.10. The Labute approximate surface area is 102 Å². The minimum absolute atomic E-state index is 0.156. The summed E-state index contributed by atoms with van der Waals surface area (Å²) in [6.07, 6.45) is 0.739. The van der Waals surface area contributed by atoms with Crippen molar-refractivity contribution >= 4 is 11.5 Å². The fraction of sp³-hybridized carbons (Fsp3) is 0.400. The van der Waals surface area contributed by atoms with E-state index in [1.165, 1.54) is 23.8 Å². The number of carbonyl (C=O) groups excluding carboxylic acids is 1. The summed E-state index contributed by atoms with van der Waals surface area (Å²) in [5.41, 5.74) is 4.24. The molecule has 1 aliphatic rings. The van der Waals surface area contributed by atoms with Gasteiger partial charge in [0.1, 0.15) is 0 Å². The van der Waals surface area contributed by atoms with Gasteiger partial charge in [-0.3, -0.25) is 4.79 Å². The van der Waals surface area contributed by atoms with Crippen molar-refractivity contribution in [1.29, 1.82) is 0 Å². The summed E-state index contributed by atoms with van der Waals surface area (Å²) in [5, 5.41) is 0. The van der Waals surface area contributed by atoms with E-state index in [1.54, 1.807) is 0 Å². The summed E-state index contributed by atoms with van der Waals surface area (Å²) >= 11 is 0. The molecule has 1 aliphatic carbocycles. The zero-order chi connectivity index (χ0) is 12.6. The van der Waals surface area contributed by atoms with Gasteiger partial charge >= 0.3 is 5.97 Å². The van der Waals surface area contributed by atoms with Crippen molar-refractivity contribution in [2.24, 2.45) is 0 Å². The molecule has 0 spiro atoms. The van der Waals surface area contributed by atoms with E-state index in [9.17, 15) is 4.79 Å². The van der Waals surface area contributed by atoms with Crippen molar-refractivity contribution in [2.45, 2.75) is 32.6 Å². The molecule has 17 heavy (non-hydrogen) atoms. The minimum Gasteiger partial charge on any atom is -0.468 e. The lowest BCUT2D eigenvalue weighted by atomic mass is 9.69. The molecule has 0 amide bonds. The molecule has 0 aliphatic heterocycles. The number of hydrogen-bond acceptors (Lipinski definition) is 2. The first kappa shape index (κ1) is 11.9. The lowest BCUT2D eigenvalue weighted by Gasteiger charge is -2.34. The maximum Gasteiger partial charge on any atom is 0.316 e. The van der Waals surface area contributed by atoms with Crippen molar-refractivity contribution in [2.75, 3.05) is 7.11 Å². The zero-order valence-electron chi connectivity index (χ0n) is 10.8. The monoisotopic (exact) mass is 230 g/mol. The summed E-state index contributed by atoms with van der Waals surface area (Å²) < 4.78 is 4.97. The van der Waals surface area contributed by atoms with Crippen LogP contribution < -0.4 is 0 Å². The molecule has 2 rings (SSSR count). The van der Waals surface area contributed by atoms with Crippen LogP contribution in [-0.4, -0.2) is 13.1 Å². The molecule has 0 aromatic heterocycles. The van der Waals surface area contributed by atoms with Crippen LogP contribution in [0.25, 0.3) is 5.57 Å². The Morgan fingerprint density at radius 3 is 2.59 bits per heavy atom. The van der Waals surface area contributed by atoms with Gasteiger partial charge in [-0.25, -0.2) is 0 Å². The Hall–Kier alpha value is -1.57. The van der Waals surface area contributed by atoms with Gasteiger partial charge in [0.2, 0.25) is 0 Å². The third-order valence-electron chi connectivity index (χ3n) is 3.82. The van der Waals surface area contributed by atoms with E-state index in [0.29, 0.717) is 0 Å². The molecule has 0 radical (unpaired) electrons. The molecule has 0 bridgehead atoms. The summed E-state index contributed by atoms with van der Waals surface area (Å²) in [6.45, 7) is 6.17. The Morgan fingerprint density at radius 1 is 1.29 bits per heavy atom. The first-order chi connectivity index (χ1) is 8.00. The smallest absolute Gasteiger partial charge is 0.316 e. The van der Waals surface area contributed by atoms with E-state index in [4.69, 9.17) is 4.74 Å². The second kappa shape index (κ2) is 4.02. The van der Waals surface area contributed by atoms with Crippen LogP contribution in [-0.2, 0) is 14.9 Å². The second-order valence-corrected chi connectivity index (χ2v) is 4.95. The summed E-state index contributed by atoms with van der Waals surface area (Å²) in [4.78, 5) is 12.1. The molecule has 0 unspecified atom stereocenters. The molecule has 2 nitrogen and oxygen atoms in total. The molecule has 0 heterocycles. The topological polar surface area (TPSA) is 26.3 Å². The molecule has 0 N–H and O–H groups in total. The largest absolute Gasteiger partial charge is 0.468 e. The Morgan fingerprint density at radius 2 is 1.94 bits per heavy atom. The number of fused-ring (bicyclic) bond motifs is 1. The average Bonchev–Trinajstić information content (AvgIpc) is 2.35. The highest BCUT2D eigenvalue weighted by Crippen LogP contribution is 2.42. The Bertz CT molecular complexity index is 499. The number of benzene rings is 1. The van der Waals surface area contributed by atoms with E-state index < -0.39 is 5.41 Å². The molecule has 0 fully saturated rings. The molecular formula is C15H18O2. The molecule has 2 heteroatoms. The highest BCUT2D eigenvalue weighted by molar-refractivity contribution is 5.88. The third-order valence-corrected chi connectivity index (χ3v) is 3.82. The van der Waals surface area contributed by atoms with Gasteiger partial charge in [-0.1, -0.05) is 29.8 Å². The molecular weight excluding hydrogens is 212 g/mol. The van der Waals surface area contributed by atoms with Gasteiger partial charge in [0.25, 0.3) is 0 Å². The van der Waals surface area contributed by atoms with Crippen molar-refractivity contribution in [1.82, 2.24) is 0 Å². The maximum absolute atomic E-state index is 12.1. The number of hydrogen-bond donors (Lipinski definition) is 0. The first-order valence-electron chi connectivity index (χ1n) is 5.85. The van der Waals surface area contributed by atoms with Crippen molar-refractivity contribution in [3.05, 3.63) is 41.0 Å². The number of ether oxygens (including phenoxy) is 1. The van der Waals surface area contributed by atoms with Crippen LogP contribution in [0.2, 0.25) is 0 Å². The standard InChI is InChI=1S/C15H18O2/c1-10-9-15(3,14(16)17-4)13-8-6-5-7-12(13)11(10)2/h5-8H,9H2,1-4H3/t15-/m1/s1. The van der Waals surface area contributed by atoms with E-state index in [-0.39, 0.29) is 5.97 Å². The first-order valence-corrected chi connectivity index (χ1v) is 5.85. The van der Waals surface area contributed by atoms with Crippen LogP contribution in [0.15, 0.2) is 29.8 Å².